The molecule has 6 aromatic carbocycles. The highest BCUT2D eigenvalue weighted by Gasteiger charge is 2.81. The molecule has 0 bridgehead atoms. The fourth-order valence-electron chi connectivity index (χ4n) is 16.1. The molecule has 6 aromatic rings. The van der Waals surface area contributed by atoms with Gasteiger partial charge in [0.05, 0.1) is 76.7 Å². The fraction of sp³-hybridized carbons (Fsp3) is 0.333. The van der Waals surface area contributed by atoms with Crippen molar-refractivity contribution in [3.8, 4) is 34.5 Å². The van der Waals surface area contributed by atoms with Crippen molar-refractivity contribution in [2.24, 2.45) is 107 Å². The van der Waals surface area contributed by atoms with Gasteiger partial charge in [-0.2, -0.15) is 0 Å². The summed E-state index contributed by atoms with van der Waals surface area (Å²) in [5.41, 5.74) is 15.7. The van der Waals surface area contributed by atoms with Gasteiger partial charge >= 0.3 is 35.8 Å². The Labute approximate surface area is 555 Å². The van der Waals surface area contributed by atoms with Gasteiger partial charge in [0.1, 0.15) is 34.5 Å². The number of hydrogen-bond donors (Lipinski definition) is 6. The molecule has 4 aliphatic heterocycles. The largest absolute Gasteiger partial charge is 0.481 e. The number of carbonyl (C=O) groups excluding carboxylic acids is 10. The molecule has 16 rings (SSSR count). The van der Waals surface area contributed by atoms with Crippen molar-refractivity contribution in [1.82, 2.24) is 10.2 Å². The van der Waals surface area contributed by atoms with Crippen LogP contribution < -0.4 is 41.2 Å². The van der Waals surface area contributed by atoms with Crippen LogP contribution in [0.25, 0.3) is 0 Å². The first-order valence-electron chi connectivity index (χ1n) is 30.7. The average Bonchev–Trinajstić information content (AvgIpc) is 1.57. The molecule has 4 heterocycles. The van der Waals surface area contributed by atoms with E-state index in [1.54, 1.807) is 72.8 Å². The van der Waals surface area contributed by atoms with Crippen molar-refractivity contribution in [2.45, 2.75) is 28.7 Å². The minimum Gasteiger partial charge on any atom is -0.481 e. The van der Waals surface area contributed by atoms with Crippen LogP contribution >= 0.6 is 0 Å². The minimum absolute atomic E-state index is 0. The van der Waals surface area contributed by atoms with Crippen molar-refractivity contribution < 1.29 is 91.4 Å². The Balaban J connectivity index is 0.000000137. The maximum atomic E-state index is 13.1. The summed E-state index contributed by atoms with van der Waals surface area (Å²) in [7, 11) is 2.87. The van der Waals surface area contributed by atoms with Gasteiger partial charge in [-0.3, -0.25) is 67.3 Å². The van der Waals surface area contributed by atoms with Crippen LogP contribution in [-0.2, 0) is 67.0 Å². The number of aliphatic carboxylic acids is 2. The van der Waals surface area contributed by atoms with Crippen LogP contribution in [0.5, 0.6) is 34.5 Å². The van der Waals surface area contributed by atoms with Gasteiger partial charge in [0.2, 0.25) is 35.4 Å². The molecule has 6 aliphatic carbocycles. The number of nitrogens with zero attached hydrogens (tertiary/aromatic N) is 2. The molecule has 4 saturated heterocycles. The first kappa shape index (κ1) is 67.2. The SMILES string of the molecule is C.C.CNC(=O)C1C(C(=O)O)C2C(C(=O)O)C(C(=O)Nc3ccc(Oc4ccc(C)cc4)cc3)C12.Cc1ccc(Oc2ccc(N3C(=O)C4C(C3=O)C3C5C(=O)N(C)C(=O)C5C43)cc2)cc1.Nc1ccc(Oc2ccc(N)cc2)cc1.O=C1OC(=O)C2C1C1C3C(=O)OC(=O)C3C21. The van der Waals surface area contributed by atoms with Crippen molar-refractivity contribution in [3.05, 3.63) is 157 Å². The number of cyclic esters (lactones) is 4. The number of carbonyl (C=O) groups is 12. The first-order chi connectivity index (χ1) is 45.4. The molecular weight excluding hydrogens is 1250 g/mol. The second-order valence-corrected chi connectivity index (χ2v) is 25.4. The van der Waals surface area contributed by atoms with Gasteiger partial charge < -0.3 is 56.0 Å². The number of nitrogens with two attached hydrogens (primary N) is 2. The smallest absolute Gasteiger partial charge is 0.317 e. The van der Waals surface area contributed by atoms with Gasteiger partial charge in [-0.15, -0.1) is 0 Å². The second kappa shape index (κ2) is 25.8. The second-order valence-electron chi connectivity index (χ2n) is 25.4. The minimum atomic E-state index is -1.24. The molecule has 0 aromatic heterocycles. The van der Waals surface area contributed by atoms with E-state index in [2.05, 4.69) is 20.1 Å². The molecule has 6 saturated carbocycles. The molecule has 97 heavy (non-hydrogen) atoms. The number of esters is 4. The zero-order valence-corrected chi connectivity index (χ0v) is 51.1. The summed E-state index contributed by atoms with van der Waals surface area (Å²) in [4.78, 5) is 147. The molecule has 25 nitrogen and oxygen atoms in total. The number of nitrogen functional groups attached to an aromatic ring is 2. The van der Waals surface area contributed by atoms with Crippen LogP contribution in [0, 0.1) is 120 Å². The molecule has 0 spiro atoms. The summed E-state index contributed by atoms with van der Waals surface area (Å²) in [5.74, 6) is -13.0. The number of anilines is 4. The molecule has 16 unspecified atom stereocenters. The number of likely N-dealkylation sites (tertiary alicyclic amines) is 1. The summed E-state index contributed by atoms with van der Waals surface area (Å²) >= 11 is 0. The molecular formula is C72H70N6O19. The van der Waals surface area contributed by atoms with Crippen LogP contribution in [0.3, 0.4) is 0 Å². The third-order valence-electron chi connectivity index (χ3n) is 20.5. The van der Waals surface area contributed by atoms with Crippen LogP contribution in [0.2, 0.25) is 0 Å². The lowest BCUT2D eigenvalue weighted by molar-refractivity contribution is -0.221. The molecule has 502 valence electrons. The van der Waals surface area contributed by atoms with Gasteiger partial charge in [0.25, 0.3) is 0 Å². The standard InChI is InChI=1S/C24H24N2O7.C24H20N2O5.C12H12N2O.C10H6O6.2CH4/c1-11-3-7-13(8-4-11)33-14-9-5-12(6-10-14)26-22(28)18-15-16(20(18)24(31)32)19(23(29)30)17(15)21(27)25-2;1-11-3-7-13(8-4-11)31-14-9-5-12(6-10-14)26-23(29)19-15-16(20(19)24(26)30)18-17(15)21(27)25(2)22(18)28;13-9-1-5-11(6-2-9)15-12-7-3-10(14)4-8-12;11-7-3-1-2(5(3)9(13)15-7)6-4(1)8(12)16-10(6)14;;/h3-10,15-20H,1-2H3,(H,25,27)(H,26,28)(H,29,30)(H,31,32);3-10,15-20H,1-2H3;1-8H,13-14H2;1-6H;2*1H4. The van der Waals surface area contributed by atoms with Crippen molar-refractivity contribution >= 4 is 94.0 Å². The Morgan fingerprint density at radius 1 is 0.402 bits per heavy atom. The number of fused-ring (bicyclic) bond motifs is 15. The maximum Gasteiger partial charge on any atom is 0.317 e. The first-order valence-corrected chi connectivity index (χ1v) is 30.7. The van der Waals surface area contributed by atoms with E-state index in [1.165, 1.54) is 19.0 Å². The summed E-state index contributed by atoms with van der Waals surface area (Å²) < 4.78 is 26.2. The summed E-state index contributed by atoms with van der Waals surface area (Å²) in [5, 5.41) is 24.2. The molecule has 10 fully saturated rings. The fourth-order valence-corrected chi connectivity index (χ4v) is 16.1. The van der Waals surface area contributed by atoms with Gasteiger partial charge in [0, 0.05) is 31.2 Å². The van der Waals surface area contributed by atoms with E-state index in [1.807, 2.05) is 86.6 Å². The van der Waals surface area contributed by atoms with Gasteiger partial charge in [-0.1, -0.05) is 50.2 Å². The van der Waals surface area contributed by atoms with E-state index in [-0.39, 0.29) is 62.2 Å². The number of ether oxygens (including phenoxy) is 5. The van der Waals surface area contributed by atoms with Crippen molar-refractivity contribution in [1.29, 1.82) is 0 Å². The molecule has 0 radical (unpaired) electrons. The van der Waals surface area contributed by atoms with Crippen LogP contribution in [0.4, 0.5) is 22.7 Å². The number of benzene rings is 6. The molecule has 8 N–H and O–H groups in total. The highest BCUT2D eigenvalue weighted by Crippen LogP contribution is 2.71. The number of hydrogen-bond acceptors (Lipinski definition) is 19. The number of carboxylic acid groups (broad SMARTS) is 2. The Bertz CT molecular complexity index is 4030. The Kier molecular flexibility index (Phi) is 17.9. The quantitative estimate of drug-likeness (QED) is 0.0298. The van der Waals surface area contributed by atoms with E-state index in [0.717, 1.165) is 38.9 Å². The van der Waals surface area contributed by atoms with E-state index >= 15 is 0 Å². The number of amides is 6. The summed E-state index contributed by atoms with van der Waals surface area (Å²) in [6.07, 6.45) is 0. The van der Waals surface area contributed by atoms with Crippen molar-refractivity contribution in [2.75, 3.05) is 35.8 Å². The Morgan fingerprint density at radius 2 is 0.691 bits per heavy atom. The predicted molar refractivity (Wildman–Crippen MR) is 344 cm³/mol. The zero-order valence-electron chi connectivity index (χ0n) is 51.1. The third-order valence-corrected chi connectivity index (χ3v) is 20.5. The number of nitrogens with one attached hydrogen (secondary N) is 2. The lowest BCUT2D eigenvalue weighted by atomic mass is 9.37. The van der Waals surface area contributed by atoms with Gasteiger partial charge in [0.15, 0.2) is 0 Å². The molecule has 6 amide bonds. The summed E-state index contributed by atoms with van der Waals surface area (Å²) in [6, 6.07) is 43.1. The van der Waals surface area contributed by atoms with E-state index in [4.69, 9.17) is 25.7 Å². The van der Waals surface area contributed by atoms with Gasteiger partial charge in [-0.05, 0) is 171 Å². The molecule has 25 heteroatoms. The van der Waals surface area contributed by atoms with Gasteiger partial charge in [-0.25, -0.2) is 0 Å². The van der Waals surface area contributed by atoms with E-state index in [9.17, 15) is 67.7 Å². The highest BCUT2D eigenvalue weighted by atomic mass is 16.6. The molecule has 16 atom stereocenters. The van der Waals surface area contributed by atoms with E-state index < -0.39 is 130 Å². The number of aryl methyl sites for hydroxylation is 2. The topological polar surface area (TPSA) is 374 Å². The average molecular weight is 1320 g/mol. The lowest BCUT2D eigenvalue weighted by Crippen LogP contribution is -2.73. The number of rotatable bonds is 12. The highest BCUT2D eigenvalue weighted by molar-refractivity contribution is 6.24. The Hall–Kier alpha value is -11.2. The number of imide groups is 2. The third kappa shape index (κ3) is 11.3. The van der Waals surface area contributed by atoms with Crippen LogP contribution in [0.15, 0.2) is 146 Å². The predicted octanol–water partition coefficient (Wildman–Crippen LogP) is 7.54. The van der Waals surface area contributed by atoms with Crippen LogP contribution in [-0.4, -0.2) is 100 Å². The van der Waals surface area contributed by atoms with E-state index in [0.29, 0.717) is 34.4 Å². The lowest BCUT2D eigenvalue weighted by Gasteiger charge is -2.63. The summed E-state index contributed by atoms with van der Waals surface area (Å²) in [6.45, 7) is 3.97. The zero-order chi connectivity index (χ0) is 67.3. The van der Waals surface area contributed by atoms with Crippen LogP contribution in [0.1, 0.15) is 26.0 Å². The monoisotopic (exact) mass is 1320 g/mol. The normalized spacial score (nSPS) is 29.9. The molecule has 10 aliphatic rings. The number of carboxylic acids is 2. The Morgan fingerprint density at radius 3 is 1.03 bits per heavy atom. The van der Waals surface area contributed by atoms with Crippen molar-refractivity contribution in [3.63, 3.8) is 0 Å². The maximum absolute atomic E-state index is 13.1.